The monoisotopic (exact) mass is 281 g/mol. The van der Waals surface area contributed by atoms with Gasteiger partial charge in [-0.05, 0) is 18.6 Å². The number of phenols is 1. The maximum atomic E-state index is 12.7. The number of aromatic hydroxyl groups is 1. The summed E-state index contributed by atoms with van der Waals surface area (Å²) in [6.07, 6.45) is 0.897. The van der Waals surface area contributed by atoms with E-state index in [0.29, 0.717) is 23.4 Å². The van der Waals surface area contributed by atoms with Gasteiger partial charge in [-0.2, -0.15) is 0 Å². The molecular weight excluding hydrogens is 266 g/mol. The summed E-state index contributed by atoms with van der Waals surface area (Å²) in [7, 11) is 0. The molecule has 106 valence electrons. The van der Waals surface area contributed by atoms with Crippen molar-refractivity contribution in [2.75, 3.05) is 11.9 Å². The maximum absolute atomic E-state index is 12.7. The van der Waals surface area contributed by atoms with Crippen LogP contribution in [-0.4, -0.2) is 23.2 Å². The molecule has 0 radical (unpaired) electrons. The molecule has 4 nitrogen and oxygen atoms in total. The number of rotatable bonds is 3. The molecule has 0 fully saturated rings. The molecule has 0 amide bonds. The molecule has 3 rings (SSSR count). The summed E-state index contributed by atoms with van der Waals surface area (Å²) in [6.45, 7) is 2.71. The Morgan fingerprint density at radius 1 is 0.952 bits per heavy atom. The Hall–Kier alpha value is -2.62. The van der Waals surface area contributed by atoms with Crippen molar-refractivity contribution in [3.05, 3.63) is 58.7 Å². The predicted molar refractivity (Wildman–Crippen MR) is 80.2 cm³/mol. The van der Waals surface area contributed by atoms with E-state index in [0.717, 1.165) is 6.42 Å². The van der Waals surface area contributed by atoms with E-state index in [1.807, 2.05) is 6.92 Å². The first-order valence-electron chi connectivity index (χ1n) is 6.93. The van der Waals surface area contributed by atoms with E-state index >= 15 is 0 Å². The number of hydrogen-bond donors (Lipinski definition) is 2. The fourth-order valence-corrected chi connectivity index (χ4v) is 2.61. The van der Waals surface area contributed by atoms with Crippen molar-refractivity contribution in [1.82, 2.24) is 0 Å². The van der Waals surface area contributed by atoms with Crippen LogP contribution in [0, 0.1) is 0 Å². The molecule has 0 spiro atoms. The van der Waals surface area contributed by atoms with Crippen LogP contribution in [0.3, 0.4) is 0 Å². The second-order valence-corrected chi connectivity index (χ2v) is 5.01. The van der Waals surface area contributed by atoms with Crippen LogP contribution in [0.15, 0.2) is 36.4 Å². The SMILES string of the molecule is CCCNc1ccc(O)c2c1C(=O)c1ccccc1C2=O. The summed E-state index contributed by atoms with van der Waals surface area (Å²) in [5.74, 6) is -0.688. The van der Waals surface area contributed by atoms with E-state index in [1.54, 1.807) is 30.3 Å². The van der Waals surface area contributed by atoms with Crippen LogP contribution in [0.2, 0.25) is 0 Å². The number of benzene rings is 2. The first-order valence-corrected chi connectivity index (χ1v) is 6.93. The second-order valence-electron chi connectivity index (χ2n) is 5.01. The Balaban J connectivity index is 2.24. The van der Waals surface area contributed by atoms with E-state index < -0.39 is 0 Å². The van der Waals surface area contributed by atoms with E-state index in [9.17, 15) is 14.7 Å². The molecule has 0 aliphatic heterocycles. The number of carbonyl (C=O) groups excluding carboxylic acids is 2. The number of fused-ring (bicyclic) bond motifs is 2. The van der Waals surface area contributed by atoms with Gasteiger partial charge in [-0.25, -0.2) is 0 Å². The summed E-state index contributed by atoms with van der Waals surface area (Å²) < 4.78 is 0. The van der Waals surface area contributed by atoms with Crippen LogP contribution in [0.1, 0.15) is 45.2 Å². The zero-order valence-corrected chi connectivity index (χ0v) is 11.6. The van der Waals surface area contributed by atoms with Crippen molar-refractivity contribution in [2.24, 2.45) is 0 Å². The highest BCUT2D eigenvalue weighted by Gasteiger charge is 2.33. The Morgan fingerprint density at radius 2 is 1.57 bits per heavy atom. The third kappa shape index (κ3) is 2.00. The molecule has 1 aliphatic rings. The lowest BCUT2D eigenvalue weighted by Crippen LogP contribution is -2.22. The topological polar surface area (TPSA) is 66.4 Å². The van der Waals surface area contributed by atoms with Gasteiger partial charge in [-0.1, -0.05) is 31.2 Å². The van der Waals surface area contributed by atoms with E-state index in [2.05, 4.69) is 5.32 Å². The first-order chi connectivity index (χ1) is 10.1. The van der Waals surface area contributed by atoms with Gasteiger partial charge in [-0.15, -0.1) is 0 Å². The molecule has 0 aromatic heterocycles. The number of ketones is 2. The fourth-order valence-electron chi connectivity index (χ4n) is 2.61. The van der Waals surface area contributed by atoms with Crippen molar-refractivity contribution >= 4 is 17.3 Å². The molecule has 4 heteroatoms. The zero-order valence-electron chi connectivity index (χ0n) is 11.6. The molecular formula is C17H15NO3. The Bertz CT molecular complexity index is 750. The zero-order chi connectivity index (χ0) is 15.0. The molecule has 0 atom stereocenters. The minimum absolute atomic E-state index is 0.0970. The van der Waals surface area contributed by atoms with Crippen LogP contribution < -0.4 is 5.32 Å². The normalized spacial score (nSPS) is 12.8. The summed E-state index contributed by atoms with van der Waals surface area (Å²) in [6, 6.07) is 9.80. The van der Waals surface area contributed by atoms with Crippen LogP contribution in [0.25, 0.3) is 0 Å². The molecule has 21 heavy (non-hydrogen) atoms. The molecule has 2 N–H and O–H groups in total. The van der Waals surface area contributed by atoms with Crippen molar-refractivity contribution < 1.29 is 14.7 Å². The fraction of sp³-hybridized carbons (Fsp3) is 0.176. The van der Waals surface area contributed by atoms with E-state index in [1.165, 1.54) is 6.07 Å². The summed E-state index contributed by atoms with van der Waals surface area (Å²) >= 11 is 0. The number of anilines is 1. The van der Waals surface area contributed by atoms with Gasteiger partial charge in [0.2, 0.25) is 0 Å². The molecule has 2 aromatic carbocycles. The summed E-state index contributed by atoms with van der Waals surface area (Å²) in [4.78, 5) is 25.2. The lowest BCUT2D eigenvalue weighted by Gasteiger charge is -2.21. The lowest BCUT2D eigenvalue weighted by atomic mass is 9.82. The molecule has 0 saturated carbocycles. The third-order valence-electron chi connectivity index (χ3n) is 3.62. The van der Waals surface area contributed by atoms with Crippen LogP contribution in [0.5, 0.6) is 5.75 Å². The van der Waals surface area contributed by atoms with E-state index in [4.69, 9.17) is 0 Å². The minimum Gasteiger partial charge on any atom is -0.507 e. The smallest absolute Gasteiger partial charge is 0.198 e. The average Bonchev–Trinajstić information content (AvgIpc) is 2.51. The summed E-state index contributed by atoms with van der Waals surface area (Å²) in [5, 5.41) is 13.2. The summed E-state index contributed by atoms with van der Waals surface area (Å²) in [5.41, 5.74) is 1.70. The molecule has 0 unspecified atom stereocenters. The molecule has 0 saturated heterocycles. The number of carbonyl (C=O) groups is 2. The molecule has 0 bridgehead atoms. The quantitative estimate of drug-likeness (QED) is 0.724. The van der Waals surface area contributed by atoms with Crippen LogP contribution in [-0.2, 0) is 0 Å². The van der Waals surface area contributed by atoms with Crippen molar-refractivity contribution in [1.29, 1.82) is 0 Å². The Labute approximate surface area is 122 Å². The van der Waals surface area contributed by atoms with Gasteiger partial charge in [0.1, 0.15) is 5.75 Å². The average molecular weight is 281 g/mol. The highest BCUT2D eigenvalue weighted by Crippen LogP contribution is 2.36. The second kappa shape index (κ2) is 5.05. The Morgan fingerprint density at radius 3 is 2.19 bits per heavy atom. The highest BCUT2D eigenvalue weighted by molar-refractivity contribution is 6.31. The van der Waals surface area contributed by atoms with Crippen LogP contribution in [0.4, 0.5) is 5.69 Å². The van der Waals surface area contributed by atoms with Gasteiger partial charge in [0.15, 0.2) is 11.6 Å². The first kappa shape index (κ1) is 13.4. The Kier molecular flexibility index (Phi) is 3.22. The third-order valence-corrected chi connectivity index (χ3v) is 3.62. The maximum Gasteiger partial charge on any atom is 0.198 e. The van der Waals surface area contributed by atoms with Crippen LogP contribution >= 0.6 is 0 Å². The highest BCUT2D eigenvalue weighted by atomic mass is 16.3. The number of phenolic OH excluding ortho intramolecular Hbond substituents is 1. The van der Waals surface area contributed by atoms with Crippen molar-refractivity contribution in [2.45, 2.75) is 13.3 Å². The van der Waals surface area contributed by atoms with Gasteiger partial charge in [0.05, 0.1) is 11.1 Å². The van der Waals surface area contributed by atoms with Gasteiger partial charge in [0, 0.05) is 23.4 Å². The lowest BCUT2D eigenvalue weighted by molar-refractivity contribution is 0.0977. The van der Waals surface area contributed by atoms with Gasteiger partial charge in [-0.3, -0.25) is 9.59 Å². The van der Waals surface area contributed by atoms with Crippen molar-refractivity contribution in [3.8, 4) is 5.75 Å². The minimum atomic E-state index is -0.308. The van der Waals surface area contributed by atoms with Gasteiger partial charge >= 0.3 is 0 Å². The van der Waals surface area contributed by atoms with E-state index in [-0.39, 0.29) is 28.4 Å². The standard InChI is InChI=1S/C17H15NO3/c1-2-9-18-12-7-8-13(19)15-14(12)16(20)10-5-3-4-6-11(10)17(15)21/h3-8,18-19H,2,9H2,1H3. The molecule has 1 aliphatic carbocycles. The molecule has 0 heterocycles. The van der Waals surface area contributed by atoms with Gasteiger partial charge in [0.25, 0.3) is 0 Å². The largest absolute Gasteiger partial charge is 0.507 e. The number of hydrogen-bond acceptors (Lipinski definition) is 4. The predicted octanol–water partition coefficient (Wildman–Crippen LogP) is 2.99. The number of nitrogens with one attached hydrogen (secondary N) is 1. The van der Waals surface area contributed by atoms with Gasteiger partial charge < -0.3 is 10.4 Å². The molecule has 2 aromatic rings. The van der Waals surface area contributed by atoms with Crippen molar-refractivity contribution in [3.63, 3.8) is 0 Å².